The molecule has 57 heavy (non-hydrogen) atoms. The molecular weight excluding hydrogens is 687 g/mol. The second-order valence-electron chi connectivity index (χ2n) is 15.0. The van der Waals surface area contributed by atoms with Gasteiger partial charge in [-0.1, -0.05) is 183 Å². The van der Waals surface area contributed by atoms with Gasteiger partial charge in [0.15, 0.2) is 0 Å². The van der Waals surface area contributed by atoms with Gasteiger partial charge in [-0.25, -0.2) is 4.99 Å². The second kappa shape index (κ2) is 17.3. The van der Waals surface area contributed by atoms with E-state index in [4.69, 9.17) is 4.99 Å². The van der Waals surface area contributed by atoms with E-state index >= 15 is 0 Å². The average molecular weight is 736 g/mol. The van der Waals surface area contributed by atoms with Crippen molar-refractivity contribution in [2.24, 2.45) is 4.99 Å². The van der Waals surface area contributed by atoms with Gasteiger partial charge in [0.05, 0.1) is 11.4 Å². The highest BCUT2D eigenvalue weighted by Gasteiger charge is 2.16. The first-order valence-electron chi connectivity index (χ1n) is 19.6. The van der Waals surface area contributed by atoms with Crippen LogP contribution in [0.4, 0.5) is 0 Å². The Balaban J connectivity index is 1.29. The average Bonchev–Trinajstić information content (AvgIpc) is 3.23. The summed E-state index contributed by atoms with van der Waals surface area (Å²) >= 11 is 0. The summed E-state index contributed by atoms with van der Waals surface area (Å²) in [4.78, 5) is 5.54. The maximum atomic E-state index is 5.54. The van der Waals surface area contributed by atoms with Crippen molar-refractivity contribution in [1.29, 1.82) is 0 Å². The molecule has 7 aromatic rings. The molecule has 7 aromatic carbocycles. The van der Waals surface area contributed by atoms with E-state index in [0.29, 0.717) is 0 Å². The number of nitrogens with zero attached hydrogens (tertiary/aromatic N) is 1. The predicted molar refractivity (Wildman–Crippen MR) is 249 cm³/mol. The van der Waals surface area contributed by atoms with Gasteiger partial charge in [-0.05, 0) is 125 Å². The molecule has 0 saturated heterocycles. The number of allylic oxidation sites excluding steroid dienone is 5. The molecule has 0 unspecified atom stereocenters. The number of aliphatic imine (C=N–C) groups is 1. The van der Waals surface area contributed by atoms with E-state index in [-0.39, 0.29) is 0 Å². The number of benzene rings is 7. The minimum Gasteiger partial charge on any atom is -0.247 e. The molecule has 0 saturated carbocycles. The molecule has 0 heterocycles. The molecule has 0 amide bonds. The van der Waals surface area contributed by atoms with Gasteiger partial charge in [-0.3, -0.25) is 0 Å². The zero-order valence-electron chi connectivity index (χ0n) is 33.7. The summed E-state index contributed by atoms with van der Waals surface area (Å²) in [5.74, 6) is 0. The summed E-state index contributed by atoms with van der Waals surface area (Å²) in [5.41, 5.74) is 18.6. The fraction of sp³-hybridized carbons (Fsp3) is 0.0893. The summed E-state index contributed by atoms with van der Waals surface area (Å²) in [5, 5.41) is 2.40. The van der Waals surface area contributed by atoms with Crippen LogP contribution in [-0.4, -0.2) is 5.71 Å². The first-order chi connectivity index (χ1) is 27.7. The van der Waals surface area contributed by atoms with Crippen LogP contribution in [0, 0.1) is 20.8 Å². The second-order valence-corrected chi connectivity index (χ2v) is 15.0. The first kappa shape index (κ1) is 38.4. The molecule has 0 aromatic heterocycles. The molecule has 1 nitrogen and oxygen atoms in total. The van der Waals surface area contributed by atoms with Crippen molar-refractivity contribution in [1.82, 2.24) is 0 Å². The Labute approximate surface area is 339 Å². The van der Waals surface area contributed by atoms with E-state index in [2.05, 4.69) is 230 Å². The number of hydrogen-bond acceptors (Lipinski definition) is 1. The highest BCUT2D eigenvalue weighted by molar-refractivity contribution is 6.21. The third-order valence-electron chi connectivity index (χ3n) is 10.6. The minimum atomic E-state index is 0.937. The standard InChI is InChI=1S/C56H49N/c1-38(2)55(57-56(48-22-9-8-10-23-48)54-43(7)27-30-47-21-15-16-24-53(47)54)49-33-31-46(32-34-49)52-36-50(41(5)25-28-44-19-13-11-17-39(44)3)35-51(37-52)42(6)26-29-45-20-14-12-18-40(45)4/h8-37H,5-6H2,1-4,7H3/b28-25-,29-26-,57-56?. The van der Waals surface area contributed by atoms with Crippen molar-refractivity contribution in [3.63, 3.8) is 0 Å². The Morgan fingerprint density at radius 3 is 1.60 bits per heavy atom. The van der Waals surface area contributed by atoms with Crippen molar-refractivity contribution >= 4 is 45.5 Å². The number of fused-ring (bicyclic) bond motifs is 1. The Hall–Kier alpha value is -6.83. The molecule has 278 valence electrons. The van der Waals surface area contributed by atoms with Crippen LogP contribution >= 0.6 is 0 Å². The van der Waals surface area contributed by atoms with Crippen LogP contribution < -0.4 is 0 Å². The smallest absolute Gasteiger partial charge is 0.0790 e. The zero-order valence-corrected chi connectivity index (χ0v) is 33.7. The van der Waals surface area contributed by atoms with Gasteiger partial charge >= 0.3 is 0 Å². The SMILES string of the molecule is C=C(/C=C\c1ccccc1C)c1cc(C(=C)/C=C\c2ccccc2C)cc(-c2ccc(C(N=C(c3ccccc3)c3c(C)ccc4ccccc34)=C(C)C)cc2)c1. The molecule has 0 aliphatic carbocycles. The lowest BCUT2D eigenvalue weighted by Gasteiger charge is -2.16. The van der Waals surface area contributed by atoms with Gasteiger partial charge < -0.3 is 0 Å². The summed E-state index contributed by atoms with van der Waals surface area (Å²) in [6.45, 7) is 19.8. The van der Waals surface area contributed by atoms with Crippen molar-refractivity contribution < 1.29 is 0 Å². The van der Waals surface area contributed by atoms with Crippen LogP contribution in [0.1, 0.15) is 69.5 Å². The fourth-order valence-corrected chi connectivity index (χ4v) is 7.24. The molecular formula is C56H49N. The van der Waals surface area contributed by atoms with Crippen LogP contribution in [0.25, 0.3) is 50.9 Å². The number of rotatable bonds is 11. The highest BCUT2D eigenvalue weighted by Crippen LogP contribution is 2.33. The molecule has 0 atom stereocenters. The Morgan fingerprint density at radius 2 is 1.02 bits per heavy atom. The van der Waals surface area contributed by atoms with E-state index in [0.717, 1.165) is 67.1 Å². The topological polar surface area (TPSA) is 12.4 Å². The Kier molecular flexibility index (Phi) is 11.7. The van der Waals surface area contributed by atoms with Crippen molar-refractivity contribution in [3.05, 3.63) is 244 Å². The van der Waals surface area contributed by atoms with Gasteiger partial charge in [0.1, 0.15) is 0 Å². The number of aryl methyl sites for hydroxylation is 3. The Morgan fingerprint density at radius 1 is 0.474 bits per heavy atom. The van der Waals surface area contributed by atoms with Crippen molar-refractivity contribution in [2.45, 2.75) is 34.6 Å². The molecule has 0 bridgehead atoms. The Bertz CT molecular complexity index is 2640. The van der Waals surface area contributed by atoms with E-state index < -0.39 is 0 Å². The quantitative estimate of drug-likeness (QED) is 0.0926. The summed E-state index contributed by atoms with van der Waals surface area (Å²) in [7, 11) is 0. The lowest BCUT2D eigenvalue weighted by molar-refractivity contribution is 1.33. The van der Waals surface area contributed by atoms with Crippen molar-refractivity contribution in [3.8, 4) is 11.1 Å². The van der Waals surface area contributed by atoms with Crippen LogP contribution in [0.3, 0.4) is 0 Å². The molecule has 0 aliphatic heterocycles. The van der Waals surface area contributed by atoms with Crippen LogP contribution in [0.2, 0.25) is 0 Å². The zero-order chi connectivity index (χ0) is 39.9. The summed E-state index contributed by atoms with van der Waals surface area (Å²) < 4.78 is 0. The fourth-order valence-electron chi connectivity index (χ4n) is 7.24. The van der Waals surface area contributed by atoms with Gasteiger partial charge in [0.25, 0.3) is 0 Å². The summed E-state index contributed by atoms with van der Waals surface area (Å²) in [6, 6.07) is 55.8. The van der Waals surface area contributed by atoms with Gasteiger partial charge in [-0.15, -0.1) is 0 Å². The monoisotopic (exact) mass is 735 g/mol. The largest absolute Gasteiger partial charge is 0.247 e. The van der Waals surface area contributed by atoms with E-state index in [1.165, 1.54) is 38.6 Å². The lowest BCUT2D eigenvalue weighted by atomic mass is 9.91. The third kappa shape index (κ3) is 8.85. The third-order valence-corrected chi connectivity index (χ3v) is 10.6. The molecule has 0 spiro atoms. The van der Waals surface area contributed by atoms with Crippen molar-refractivity contribution in [2.75, 3.05) is 0 Å². The molecule has 1 heteroatoms. The molecule has 0 N–H and O–H groups in total. The normalized spacial score (nSPS) is 11.7. The van der Waals surface area contributed by atoms with Crippen LogP contribution in [0.15, 0.2) is 194 Å². The first-order valence-corrected chi connectivity index (χ1v) is 19.6. The maximum Gasteiger partial charge on any atom is 0.0790 e. The van der Waals surface area contributed by atoms with Gasteiger partial charge in [-0.2, -0.15) is 0 Å². The maximum absolute atomic E-state index is 5.54. The van der Waals surface area contributed by atoms with Gasteiger partial charge in [0.2, 0.25) is 0 Å². The van der Waals surface area contributed by atoms with E-state index in [9.17, 15) is 0 Å². The molecule has 7 rings (SSSR count). The number of hydrogen-bond donors (Lipinski definition) is 0. The van der Waals surface area contributed by atoms with Crippen LogP contribution in [0.5, 0.6) is 0 Å². The lowest BCUT2D eigenvalue weighted by Crippen LogP contribution is -2.07. The van der Waals surface area contributed by atoms with E-state index in [1.54, 1.807) is 0 Å². The highest BCUT2D eigenvalue weighted by atomic mass is 14.8. The molecule has 0 fully saturated rings. The molecule has 0 aliphatic rings. The van der Waals surface area contributed by atoms with Gasteiger partial charge in [0, 0.05) is 16.7 Å². The minimum absolute atomic E-state index is 0.937. The summed E-state index contributed by atoms with van der Waals surface area (Å²) in [6.07, 6.45) is 8.52. The van der Waals surface area contributed by atoms with E-state index in [1.807, 2.05) is 0 Å². The predicted octanol–water partition coefficient (Wildman–Crippen LogP) is 15.2. The molecule has 0 radical (unpaired) electrons. The van der Waals surface area contributed by atoms with Crippen LogP contribution in [-0.2, 0) is 0 Å².